The fraction of sp³-hybridized carbons (Fsp3) is 0.214. The summed E-state index contributed by atoms with van der Waals surface area (Å²) in [6.45, 7) is 3.95. The highest BCUT2D eigenvalue weighted by Gasteiger charge is 2.33. The highest BCUT2D eigenvalue weighted by Crippen LogP contribution is 2.27. The molecule has 180 valence electrons. The van der Waals surface area contributed by atoms with E-state index in [-0.39, 0.29) is 16.2 Å². The van der Waals surface area contributed by atoms with Crippen molar-refractivity contribution in [3.8, 4) is 11.8 Å². The van der Waals surface area contributed by atoms with E-state index in [2.05, 4.69) is 6.92 Å². The number of rotatable bonds is 9. The first kappa shape index (κ1) is 25.7. The molecule has 6 nitrogen and oxygen atoms in total. The van der Waals surface area contributed by atoms with Crippen LogP contribution in [0.3, 0.4) is 0 Å². The van der Waals surface area contributed by atoms with Crippen molar-refractivity contribution in [3.63, 3.8) is 0 Å². The van der Waals surface area contributed by atoms with Crippen LogP contribution in [0, 0.1) is 18.3 Å². The minimum Gasteiger partial charge on any atom is -0.497 e. The average molecular weight is 489 g/mol. The van der Waals surface area contributed by atoms with E-state index in [4.69, 9.17) is 4.74 Å². The summed E-state index contributed by atoms with van der Waals surface area (Å²) in [5.74, 6) is -0.302. The monoisotopic (exact) mass is 488 g/mol. The Kier molecular flexibility index (Phi) is 8.45. The number of aryl methyl sites for hydroxylation is 2. The minimum absolute atomic E-state index is 0.0340. The van der Waals surface area contributed by atoms with Gasteiger partial charge in [0.15, 0.2) is 0 Å². The second-order valence-electron chi connectivity index (χ2n) is 8.10. The molecule has 0 aliphatic heterocycles. The Morgan fingerprint density at radius 1 is 1.00 bits per heavy atom. The molecule has 0 atom stereocenters. The van der Waals surface area contributed by atoms with Crippen LogP contribution in [0.1, 0.15) is 36.5 Å². The first-order chi connectivity index (χ1) is 16.8. The smallest absolute Gasteiger partial charge is 0.282 e. The molecule has 3 aromatic carbocycles. The molecule has 0 saturated heterocycles. The molecule has 0 saturated carbocycles. The van der Waals surface area contributed by atoms with Gasteiger partial charge in [-0.25, -0.2) is 8.42 Å². The van der Waals surface area contributed by atoms with E-state index in [1.54, 1.807) is 48.5 Å². The lowest BCUT2D eigenvalue weighted by Crippen LogP contribution is -2.37. The molecule has 0 radical (unpaired) electrons. The number of unbranched alkanes of at least 4 members (excludes halogenated alkanes) is 1. The Hall–Kier alpha value is -3.89. The van der Waals surface area contributed by atoms with Gasteiger partial charge < -0.3 is 4.74 Å². The van der Waals surface area contributed by atoms with Crippen LogP contribution in [0.15, 0.2) is 83.3 Å². The van der Waals surface area contributed by atoms with Crippen molar-refractivity contribution in [1.82, 2.24) is 0 Å². The van der Waals surface area contributed by atoms with Gasteiger partial charge >= 0.3 is 0 Å². The summed E-state index contributed by atoms with van der Waals surface area (Å²) in [6, 6.07) is 21.7. The van der Waals surface area contributed by atoms with Crippen LogP contribution in [0.25, 0.3) is 6.08 Å². The van der Waals surface area contributed by atoms with E-state index >= 15 is 0 Å². The Morgan fingerprint density at radius 2 is 1.63 bits per heavy atom. The Morgan fingerprint density at radius 3 is 2.17 bits per heavy atom. The fourth-order valence-corrected chi connectivity index (χ4v) is 4.88. The molecule has 0 spiro atoms. The number of carbonyl (C=O) groups excluding carboxylic acids is 1. The van der Waals surface area contributed by atoms with Crippen LogP contribution in [0.2, 0.25) is 0 Å². The number of ether oxygens (including phenoxy) is 1. The number of methoxy groups -OCH3 is 1. The maximum atomic E-state index is 13.7. The van der Waals surface area contributed by atoms with E-state index in [9.17, 15) is 18.5 Å². The summed E-state index contributed by atoms with van der Waals surface area (Å²) >= 11 is 0. The van der Waals surface area contributed by atoms with Crippen molar-refractivity contribution < 1.29 is 17.9 Å². The predicted molar refractivity (Wildman–Crippen MR) is 137 cm³/mol. The molecule has 0 unspecified atom stereocenters. The molecule has 0 bridgehead atoms. The van der Waals surface area contributed by atoms with Gasteiger partial charge in [-0.3, -0.25) is 4.79 Å². The van der Waals surface area contributed by atoms with Crippen molar-refractivity contribution in [2.75, 3.05) is 11.4 Å². The largest absolute Gasteiger partial charge is 0.497 e. The van der Waals surface area contributed by atoms with Crippen LogP contribution in [0.5, 0.6) is 5.75 Å². The van der Waals surface area contributed by atoms with Crippen LogP contribution in [0.4, 0.5) is 5.69 Å². The normalized spacial score (nSPS) is 11.5. The number of hydrogen-bond acceptors (Lipinski definition) is 5. The van der Waals surface area contributed by atoms with Crippen molar-refractivity contribution in [3.05, 3.63) is 95.1 Å². The van der Waals surface area contributed by atoms with Crippen LogP contribution >= 0.6 is 0 Å². The van der Waals surface area contributed by atoms with E-state index in [1.165, 1.54) is 25.3 Å². The SMILES string of the molecule is CCCCc1ccc(N(C(=O)/C(C#N)=C/c2ccc(OC)cc2)S(=O)(=O)c2ccc(C)cc2)cc1. The molecule has 0 N–H and O–H groups in total. The number of nitriles is 1. The zero-order valence-electron chi connectivity index (χ0n) is 20.1. The van der Waals surface area contributed by atoms with Crippen molar-refractivity contribution >= 4 is 27.7 Å². The summed E-state index contributed by atoms with van der Waals surface area (Å²) in [6.07, 6.45) is 4.27. The van der Waals surface area contributed by atoms with Gasteiger partial charge in [0.2, 0.25) is 0 Å². The third kappa shape index (κ3) is 6.17. The zero-order valence-corrected chi connectivity index (χ0v) is 20.9. The maximum Gasteiger partial charge on any atom is 0.282 e. The number of benzene rings is 3. The van der Waals surface area contributed by atoms with Gasteiger partial charge in [-0.2, -0.15) is 9.57 Å². The summed E-state index contributed by atoms with van der Waals surface area (Å²) in [5, 5.41) is 9.78. The van der Waals surface area contributed by atoms with E-state index in [0.29, 0.717) is 15.6 Å². The fourth-order valence-electron chi connectivity index (χ4n) is 3.48. The number of anilines is 1. The lowest BCUT2D eigenvalue weighted by atomic mass is 10.1. The molecule has 35 heavy (non-hydrogen) atoms. The molecule has 3 rings (SSSR count). The van der Waals surface area contributed by atoms with Gasteiger partial charge in [-0.1, -0.05) is 55.3 Å². The predicted octanol–water partition coefficient (Wildman–Crippen LogP) is 5.68. The lowest BCUT2D eigenvalue weighted by molar-refractivity contribution is -0.113. The van der Waals surface area contributed by atoms with Crippen LogP contribution in [-0.2, 0) is 21.2 Å². The lowest BCUT2D eigenvalue weighted by Gasteiger charge is -2.23. The second-order valence-corrected chi connectivity index (χ2v) is 9.89. The molecule has 1 amide bonds. The maximum absolute atomic E-state index is 13.7. The number of hydrogen-bond donors (Lipinski definition) is 0. The Labute approximate surface area is 207 Å². The number of amides is 1. The van der Waals surface area contributed by atoms with E-state index in [0.717, 1.165) is 30.4 Å². The highest BCUT2D eigenvalue weighted by atomic mass is 32.2. The summed E-state index contributed by atoms with van der Waals surface area (Å²) in [7, 11) is -2.75. The first-order valence-corrected chi connectivity index (χ1v) is 12.7. The van der Waals surface area contributed by atoms with Crippen LogP contribution < -0.4 is 9.04 Å². The van der Waals surface area contributed by atoms with Crippen LogP contribution in [-0.4, -0.2) is 21.4 Å². The highest BCUT2D eigenvalue weighted by molar-refractivity contribution is 7.93. The minimum atomic E-state index is -4.29. The average Bonchev–Trinajstić information content (AvgIpc) is 2.87. The molecule has 0 aliphatic rings. The standard InChI is InChI=1S/C28H28N2O4S/c1-4-5-6-22-9-13-25(14-10-22)30(35(32,33)27-17-7-21(2)8-18-27)28(31)24(20-29)19-23-11-15-26(34-3)16-12-23/h7-19H,4-6H2,1-3H3/b24-19+. The summed E-state index contributed by atoms with van der Waals surface area (Å²) < 4.78 is 33.1. The molecule has 0 aliphatic carbocycles. The Balaban J connectivity index is 2.08. The van der Waals surface area contributed by atoms with E-state index < -0.39 is 15.9 Å². The quantitative estimate of drug-likeness (QED) is 0.286. The molecular formula is C28H28N2O4S. The molecule has 0 heterocycles. The van der Waals surface area contributed by atoms with Crippen molar-refractivity contribution in [2.24, 2.45) is 0 Å². The topological polar surface area (TPSA) is 87.5 Å². The molecule has 0 fully saturated rings. The summed E-state index contributed by atoms with van der Waals surface area (Å²) in [5.41, 5.74) is 2.37. The Bertz CT molecular complexity index is 1340. The van der Waals surface area contributed by atoms with Gasteiger partial charge in [-0.05, 0) is 73.4 Å². The number of nitrogens with zero attached hydrogens (tertiary/aromatic N) is 2. The second kappa shape index (κ2) is 11.5. The van der Waals surface area contributed by atoms with Gasteiger partial charge in [0.05, 0.1) is 17.7 Å². The zero-order chi connectivity index (χ0) is 25.4. The van der Waals surface area contributed by atoms with Gasteiger partial charge in [-0.15, -0.1) is 0 Å². The number of sulfonamides is 1. The first-order valence-electron chi connectivity index (χ1n) is 11.3. The van der Waals surface area contributed by atoms with Crippen molar-refractivity contribution in [1.29, 1.82) is 5.26 Å². The summed E-state index contributed by atoms with van der Waals surface area (Å²) in [4.78, 5) is 13.5. The van der Waals surface area contributed by atoms with E-state index in [1.807, 2.05) is 25.1 Å². The number of carbonyl (C=O) groups is 1. The third-order valence-electron chi connectivity index (χ3n) is 5.51. The van der Waals surface area contributed by atoms with Crippen molar-refractivity contribution in [2.45, 2.75) is 38.0 Å². The van der Waals surface area contributed by atoms with Gasteiger partial charge in [0, 0.05) is 0 Å². The molecule has 7 heteroatoms. The molecule has 3 aromatic rings. The third-order valence-corrected chi connectivity index (χ3v) is 7.24. The van der Waals surface area contributed by atoms with Gasteiger partial charge in [0.25, 0.3) is 15.9 Å². The molecular weight excluding hydrogens is 460 g/mol. The molecule has 0 aromatic heterocycles. The van der Waals surface area contributed by atoms with Gasteiger partial charge in [0.1, 0.15) is 17.4 Å².